The van der Waals surface area contributed by atoms with Crippen LogP contribution in [0.1, 0.15) is 0 Å². The van der Waals surface area contributed by atoms with Gasteiger partial charge in [-0.05, 0) is 0 Å². The van der Waals surface area contributed by atoms with Crippen molar-refractivity contribution in [3.8, 4) is 0 Å². The normalized spacial score (nSPS) is 46.9. The predicted molar refractivity (Wildman–Crippen MR) is 77.0 cm³/mol. The van der Waals surface area contributed by atoms with Crippen molar-refractivity contribution in [3.63, 3.8) is 0 Å². The summed E-state index contributed by atoms with van der Waals surface area (Å²) in [5.74, 6) is 0. The molecule has 0 radical (unpaired) electrons. The van der Waals surface area contributed by atoms with Crippen LogP contribution < -0.4 is 0 Å². The molecule has 0 amide bonds. The maximum absolute atomic E-state index is 10.0. The van der Waals surface area contributed by atoms with Gasteiger partial charge in [0.1, 0.15) is 42.7 Å². The first-order valence-electron chi connectivity index (χ1n) is 7.63. The summed E-state index contributed by atoms with van der Waals surface area (Å²) < 4.78 is 31.9. The highest BCUT2D eigenvalue weighted by atomic mass is 16.7. The van der Waals surface area contributed by atoms with E-state index in [1.807, 2.05) is 0 Å². The molecule has 0 unspecified atom stereocenters. The van der Waals surface area contributed by atoms with E-state index in [9.17, 15) is 20.4 Å². The van der Waals surface area contributed by atoms with Gasteiger partial charge in [0.15, 0.2) is 12.6 Å². The van der Waals surface area contributed by atoms with Gasteiger partial charge in [-0.25, -0.2) is 0 Å². The Balaban J connectivity index is 1.98. The molecule has 10 heteroatoms. The van der Waals surface area contributed by atoms with Gasteiger partial charge in [0.25, 0.3) is 0 Å². The third-order valence-corrected chi connectivity index (χ3v) is 4.30. The van der Waals surface area contributed by atoms with Gasteiger partial charge in [-0.1, -0.05) is 0 Å². The number of methoxy groups -OCH3 is 3. The van der Waals surface area contributed by atoms with Gasteiger partial charge in [0, 0.05) is 21.3 Å². The minimum Gasteiger partial charge on any atom is -0.388 e. The number of hydrogen-bond acceptors (Lipinski definition) is 10. The van der Waals surface area contributed by atoms with Crippen molar-refractivity contribution in [2.75, 3.05) is 34.5 Å². The Morgan fingerprint density at radius 3 is 2.08 bits per heavy atom. The molecule has 2 heterocycles. The molecule has 4 N–H and O–H groups in total. The quantitative estimate of drug-likeness (QED) is 0.396. The summed E-state index contributed by atoms with van der Waals surface area (Å²) in [6.45, 7) is -0.270. The minimum atomic E-state index is -1.41. The lowest BCUT2D eigenvalue weighted by atomic mass is 9.98. The molecular weight excluding hydrogens is 328 g/mol. The molecule has 0 aromatic carbocycles. The van der Waals surface area contributed by atoms with Crippen LogP contribution in [0, 0.1) is 0 Å². The first kappa shape index (κ1) is 19.9. The zero-order chi connectivity index (χ0) is 17.9. The van der Waals surface area contributed by atoms with Crippen LogP contribution in [0.5, 0.6) is 0 Å². The molecule has 9 atom stereocenters. The second kappa shape index (κ2) is 8.81. The third-order valence-electron chi connectivity index (χ3n) is 4.30. The van der Waals surface area contributed by atoms with Gasteiger partial charge < -0.3 is 48.8 Å². The average Bonchev–Trinajstić information content (AvgIpc) is 2.58. The van der Waals surface area contributed by atoms with Gasteiger partial charge in [0.2, 0.25) is 0 Å². The molecule has 0 aromatic rings. The fraction of sp³-hybridized carbons (Fsp3) is 1.00. The molecule has 0 saturated carbocycles. The summed E-state index contributed by atoms with van der Waals surface area (Å²) in [4.78, 5) is 0. The number of rotatable bonds is 6. The molecule has 24 heavy (non-hydrogen) atoms. The van der Waals surface area contributed by atoms with Crippen LogP contribution in [0.25, 0.3) is 0 Å². The molecule has 2 rings (SSSR count). The van der Waals surface area contributed by atoms with E-state index in [2.05, 4.69) is 0 Å². The standard InChI is InChI=1S/C14H26O10/c1-19-10-7(24-13(18)12(21-3)11(10)20-2)5-23-14-9(17)8(16)6(15)4-22-14/h6-18H,4-5H2,1-3H3/t6-,7-,8+,9-,10+,11+,12-,13-,14+/m1/s1. The van der Waals surface area contributed by atoms with E-state index in [1.54, 1.807) is 0 Å². The van der Waals surface area contributed by atoms with E-state index in [-0.39, 0.29) is 13.2 Å². The van der Waals surface area contributed by atoms with Crippen molar-refractivity contribution in [2.45, 2.75) is 55.3 Å². The summed E-state index contributed by atoms with van der Waals surface area (Å²) in [6.07, 6.45) is -8.99. The molecule has 0 bridgehead atoms. The van der Waals surface area contributed by atoms with Gasteiger partial charge in [0.05, 0.1) is 13.2 Å². The summed E-state index contributed by atoms with van der Waals surface area (Å²) in [5, 5.41) is 39.0. The van der Waals surface area contributed by atoms with E-state index in [4.69, 9.17) is 28.4 Å². The third kappa shape index (κ3) is 4.05. The largest absolute Gasteiger partial charge is 0.388 e. The summed E-state index contributed by atoms with van der Waals surface area (Å²) in [6, 6.07) is 0. The molecule has 2 aliphatic heterocycles. The summed E-state index contributed by atoms with van der Waals surface area (Å²) in [5.41, 5.74) is 0. The van der Waals surface area contributed by atoms with Crippen LogP contribution in [-0.2, 0) is 28.4 Å². The molecule has 2 aliphatic rings. The van der Waals surface area contributed by atoms with Crippen molar-refractivity contribution in [1.82, 2.24) is 0 Å². The Labute approximate surface area is 139 Å². The Bertz CT molecular complexity index is 383. The first-order chi connectivity index (χ1) is 11.4. The highest BCUT2D eigenvalue weighted by Crippen LogP contribution is 2.27. The smallest absolute Gasteiger partial charge is 0.186 e. The Morgan fingerprint density at radius 1 is 0.875 bits per heavy atom. The van der Waals surface area contributed by atoms with E-state index < -0.39 is 55.3 Å². The summed E-state index contributed by atoms with van der Waals surface area (Å²) in [7, 11) is 4.35. The number of hydrogen-bond donors (Lipinski definition) is 4. The second-order valence-electron chi connectivity index (χ2n) is 5.75. The highest BCUT2D eigenvalue weighted by molar-refractivity contribution is 4.92. The van der Waals surface area contributed by atoms with Crippen LogP contribution in [0.2, 0.25) is 0 Å². The zero-order valence-electron chi connectivity index (χ0n) is 13.8. The molecule has 142 valence electrons. The summed E-state index contributed by atoms with van der Waals surface area (Å²) >= 11 is 0. The van der Waals surface area contributed by atoms with E-state index >= 15 is 0 Å². The van der Waals surface area contributed by atoms with Crippen molar-refractivity contribution in [3.05, 3.63) is 0 Å². The van der Waals surface area contributed by atoms with E-state index in [0.29, 0.717) is 0 Å². The number of aliphatic hydroxyl groups is 4. The molecule has 0 spiro atoms. The topological polar surface area (TPSA) is 136 Å². The van der Waals surface area contributed by atoms with Crippen LogP contribution in [0.15, 0.2) is 0 Å². The fourth-order valence-corrected chi connectivity index (χ4v) is 2.95. The fourth-order valence-electron chi connectivity index (χ4n) is 2.95. The second-order valence-corrected chi connectivity index (χ2v) is 5.75. The monoisotopic (exact) mass is 354 g/mol. The van der Waals surface area contributed by atoms with Gasteiger partial charge in [-0.3, -0.25) is 0 Å². The highest BCUT2D eigenvalue weighted by Gasteiger charge is 2.47. The van der Waals surface area contributed by atoms with Gasteiger partial charge in [-0.15, -0.1) is 0 Å². The molecule has 2 saturated heterocycles. The number of ether oxygens (including phenoxy) is 6. The SMILES string of the molecule is CO[C@@H]1[C@@H](OC)[C@H](O)O[C@H](CO[C@@H]2OC[C@@H](O)[C@H](O)[C@H]2O)[C@@H]1OC. The molecule has 0 aliphatic carbocycles. The van der Waals surface area contributed by atoms with E-state index in [0.717, 1.165) is 0 Å². The minimum absolute atomic E-state index is 0.101. The Hall–Kier alpha value is -0.400. The Morgan fingerprint density at radius 2 is 1.50 bits per heavy atom. The first-order valence-corrected chi connectivity index (χ1v) is 7.63. The van der Waals surface area contributed by atoms with Crippen molar-refractivity contribution >= 4 is 0 Å². The maximum atomic E-state index is 10.0. The van der Waals surface area contributed by atoms with Crippen molar-refractivity contribution in [1.29, 1.82) is 0 Å². The van der Waals surface area contributed by atoms with Crippen LogP contribution in [0.3, 0.4) is 0 Å². The van der Waals surface area contributed by atoms with Crippen molar-refractivity contribution < 1.29 is 48.8 Å². The van der Waals surface area contributed by atoms with Crippen molar-refractivity contribution in [2.24, 2.45) is 0 Å². The lowest BCUT2D eigenvalue weighted by Gasteiger charge is -2.43. The van der Waals surface area contributed by atoms with E-state index in [1.165, 1.54) is 21.3 Å². The molecule has 2 fully saturated rings. The van der Waals surface area contributed by atoms with Crippen LogP contribution >= 0.6 is 0 Å². The average molecular weight is 354 g/mol. The van der Waals surface area contributed by atoms with Crippen LogP contribution in [0.4, 0.5) is 0 Å². The Kier molecular flexibility index (Phi) is 7.31. The predicted octanol–water partition coefficient (Wildman–Crippen LogP) is -2.80. The zero-order valence-corrected chi connectivity index (χ0v) is 13.8. The lowest BCUT2D eigenvalue weighted by Crippen LogP contribution is -2.61. The van der Waals surface area contributed by atoms with Crippen LogP contribution in [-0.4, -0.2) is 110 Å². The molecule has 10 nitrogen and oxygen atoms in total. The van der Waals surface area contributed by atoms with Gasteiger partial charge >= 0.3 is 0 Å². The maximum Gasteiger partial charge on any atom is 0.186 e. The van der Waals surface area contributed by atoms with Gasteiger partial charge in [-0.2, -0.15) is 0 Å². The number of aliphatic hydroxyl groups excluding tert-OH is 4. The molecule has 0 aromatic heterocycles. The lowest BCUT2D eigenvalue weighted by molar-refractivity contribution is -0.320. The molecular formula is C14H26O10.